The van der Waals surface area contributed by atoms with Crippen LogP contribution in [0.3, 0.4) is 0 Å². The zero-order valence-corrected chi connectivity index (χ0v) is 13.2. The second-order valence-corrected chi connectivity index (χ2v) is 6.08. The third-order valence-electron chi connectivity index (χ3n) is 4.53. The predicted molar refractivity (Wildman–Crippen MR) is 89.5 cm³/mol. The number of aromatic nitrogens is 3. The highest BCUT2D eigenvalue weighted by Crippen LogP contribution is 2.23. The highest BCUT2D eigenvalue weighted by atomic mass is 16.3. The fourth-order valence-corrected chi connectivity index (χ4v) is 3.21. The third-order valence-corrected chi connectivity index (χ3v) is 4.53. The van der Waals surface area contributed by atoms with Crippen molar-refractivity contribution >= 4 is 11.6 Å². The Hall–Kier alpha value is -2.73. The summed E-state index contributed by atoms with van der Waals surface area (Å²) in [7, 11) is 0. The minimum Gasteiger partial charge on any atom is -0.396 e. The number of amides is 1. The van der Waals surface area contributed by atoms with Crippen LogP contribution in [0.4, 0.5) is 0 Å². The van der Waals surface area contributed by atoms with Crippen LogP contribution in [0, 0.1) is 5.92 Å². The summed E-state index contributed by atoms with van der Waals surface area (Å²) >= 11 is 0. The van der Waals surface area contributed by atoms with Gasteiger partial charge < -0.3 is 10.0 Å². The summed E-state index contributed by atoms with van der Waals surface area (Å²) in [5, 5.41) is 13.6. The lowest BCUT2D eigenvalue weighted by atomic mass is 10.1. The van der Waals surface area contributed by atoms with Gasteiger partial charge in [-0.2, -0.15) is 5.10 Å². The normalized spacial score (nSPS) is 17.5. The van der Waals surface area contributed by atoms with E-state index in [1.165, 1.54) is 0 Å². The number of likely N-dealkylation sites (tertiary alicyclic amines) is 1. The Kier molecular flexibility index (Phi) is 3.74. The molecule has 2 aromatic heterocycles. The molecule has 6 heteroatoms. The van der Waals surface area contributed by atoms with Crippen LogP contribution in [0.1, 0.15) is 16.8 Å². The molecule has 0 spiro atoms. The summed E-state index contributed by atoms with van der Waals surface area (Å²) in [5.74, 6) is 0.0993. The average molecular weight is 322 g/mol. The van der Waals surface area contributed by atoms with E-state index in [9.17, 15) is 9.90 Å². The van der Waals surface area contributed by atoms with E-state index < -0.39 is 0 Å². The molecule has 1 aliphatic heterocycles. The molecule has 24 heavy (non-hydrogen) atoms. The summed E-state index contributed by atoms with van der Waals surface area (Å²) in [6, 6.07) is 11.8. The molecular formula is C18H18N4O2. The van der Waals surface area contributed by atoms with Crippen molar-refractivity contribution < 1.29 is 9.90 Å². The highest BCUT2D eigenvalue weighted by molar-refractivity contribution is 6.00. The maximum atomic E-state index is 12.8. The van der Waals surface area contributed by atoms with E-state index in [-0.39, 0.29) is 18.4 Å². The molecule has 1 N–H and O–H groups in total. The molecule has 1 atom stereocenters. The number of hydrogen-bond acceptors (Lipinski definition) is 4. The summed E-state index contributed by atoms with van der Waals surface area (Å²) in [6.45, 7) is 1.37. The van der Waals surface area contributed by atoms with Gasteiger partial charge in [-0.25, -0.2) is 9.50 Å². The number of hydrogen-bond donors (Lipinski definition) is 1. The Labute approximate surface area is 139 Å². The van der Waals surface area contributed by atoms with E-state index in [1.807, 2.05) is 36.4 Å². The van der Waals surface area contributed by atoms with Crippen molar-refractivity contribution in [1.29, 1.82) is 0 Å². The van der Waals surface area contributed by atoms with E-state index in [0.717, 1.165) is 17.7 Å². The molecule has 0 bridgehead atoms. The monoisotopic (exact) mass is 322 g/mol. The van der Waals surface area contributed by atoms with Gasteiger partial charge in [0.2, 0.25) is 0 Å². The molecule has 6 nitrogen and oxygen atoms in total. The molecule has 1 aromatic carbocycles. The fourth-order valence-electron chi connectivity index (χ4n) is 3.21. The van der Waals surface area contributed by atoms with Gasteiger partial charge in [-0.15, -0.1) is 0 Å². The molecule has 0 radical (unpaired) electrons. The smallest absolute Gasteiger partial charge is 0.259 e. The zero-order chi connectivity index (χ0) is 16.5. The van der Waals surface area contributed by atoms with Gasteiger partial charge in [0, 0.05) is 37.4 Å². The molecule has 1 amide bonds. The van der Waals surface area contributed by atoms with Crippen LogP contribution in [-0.2, 0) is 0 Å². The first-order valence-corrected chi connectivity index (χ1v) is 8.06. The van der Waals surface area contributed by atoms with Crippen molar-refractivity contribution in [3.63, 3.8) is 0 Å². The number of rotatable bonds is 3. The number of nitrogens with zero attached hydrogens (tertiary/aromatic N) is 4. The predicted octanol–water partition coefficient (Wildman–Crippen LogP) is 1.85. The molecule has 3 aromatic rings. The zero-order valence-electron chi connectivity index (χ0n) is 13.2. The molecule has 1 saturated heterocycles. The Morgan fingerprint density at radius 1 is 1.25 bits per heavy atom. The second-order valence-electron chi connectivity index (χ2n) is 6.08. The summed E-state index contributed by atoms with van der Waals surface area (Å²) in [5.41, 5.74) is 2.99. The Bertz CT molecular complexity index is 875. The van der Waals surface area contributed by atoms with Gasteiger partial charge in [-0.3, -0.25) is 4.79 Å². The average Bonchev–Trinajstić information content (AvgIpc) is 3.28. The van der Waals surface area contributed by atoms with Gasteiger partial charge in [0.25, 0.3) is 5.91 Å². The Morgan fingerprint density at radius 3 is 2.83 bits per heavy atom. The lowest BCUT2D eigenvalue weighted by Gasteiger charge is -2.15. The third kappa shape index (κ3) is 2.45. The van der Waals surface area contributed by atoms with E-state index in [1.54, 1.807) is 21.8 Å². The van der Waals surface area contributed by atoms with Crippen LogP contribution in [0.2, 0.25) is 0 Å². The molecule has 1 fully saturated rings. The van der Waals surface area contributed by atoms with Crippen LogP contribution in [0.15, 0.2) is 48.8 Å². The van der Waals surface area contributed by atoms with E-state index in [0.29, 0.717) is 24.3 Å². The largest absolute Gasteiger partial charge is 0.396 e. The molecule has 1 unspecified atom stereocenters. The first-order chi connectivity index (χ1) is 11.8. The minimum atomic E-state index is -0.0707. The molecule has 4 rings (SSSR count). The van der Waals surface area contributed by atoms with Crippen LogP contribution in [0.5, 0.6) is 0 Å². The van der Waals surface area contributed by atoms with Gasteiger partial charge in [0.1, 0.15) is 5.56 Å². The van der Waals surface area contributed by atoms with Gasteiger partial charge in [-0.1, -0.05) is 30.3 Å². The lowest BCUT2D eigenvalue weighted by Crippen LogP contribution is -2.29. The van der Waals surface area contributed by atoms with Crippen molar-refractivity contribution in [2.45, 2.75) is 6.42 Å². The summed E-state index contributed by atoms with van der Waals surface area (Å²) < 4.78 is 1.71. The van der Waals surface area contributed by atoms with Crippen molar-refractivity contribution in [2.24, 2.45) is 5.92 Å². The Morgan fingerprint density at radius 2 is 2.08 bits per heavy atom. The van der Waals surface area contributed by atoms with E-state index in [4.69, 9.17) is 0 Å². The van der Waals surface area contributed by atoms with Crippen LogP contribution in [-0.4, -0.2) is 50.2 Å². The summed E-state index contributed by atoms with van der Waals surface area (Å²) in [4.78, 5) is 18.9. The van der Waals surface area contributed by atoms with E-state index >= 15 is 0 Å². The maximum Gasteiger partial charge on any atom is 0.259 e. The minimum absolute atomic E-state index is 0.0707. The maximum absolute atomic E-state index is 12.8. The quantitative estimate of drug-likeness (QED) is 0.799. The number of aliphatic hydroxyl groups is 1. The van der Waals surface area contributed by atoms with Crippen LogP contribution < -0.4 is 0 Å². The molecule has 0 aliphatic carbocycles. The molecule has 122 valence electrons. The molecular weight excluding hydrogens is 304 g/mol. The number of fused-ring (bicyclic) bond motifs is 1. The Balaban J connectivity index is 1.72. The first-order valence-electron chi connectivity index (χ1n) is 8.06. The van der Waals surface area contributed by atoms with Gasteiger partial charge in [-0.05, 0) is 12.5 Å². The van der Waals surface area contributed by atoms with Gasteiger partial charge >= 0.3 is 0 Å². The van der Waals surface area contributed by atoms with Crippen molar-refractivity contribution in [1.82, 2.24) is 19.5 Å². The van der Waals surface area contributed by atoms with Crippen LogP contribution in [0.25, 0.3) is 16.9 Å². The van der Waals surface area contributed by atoms with Crippen molar-refractivity contribution in [3.8, 4) is 11.3 Å². The number of carbonyl (C=O) groups is 1. The molecule has 1 aliphatic rings. The summed E-state index contributed by atoms with van der Waals surface area (Å²) in [6.07, 6.45) is 4.13. The highest BCUT2D eigenvalue weighted by Gasteiger charge is 2.28. The topological polar surface area (TPSA) is 70.7 Å². The molecule has 0 saturated carbocycles. The first kappa shape index (κ1) is 14.8. The SMILES string of the molecule is O=C(c1cnn2c(-c3ccccc3)ccnc12)N1CCC(CO)C1. The second kappa shape index (κ2) is 6.05. The molecule has 3 heterocycles. The number of benzene rings is 1. The van der Waals surface area contributed by atoms with Crippen molar-refractivity contribution in [2.75, 3.05) is 19.7 Å². The fraction of sp³-hybridized carbons (Fsp3) is 0.278. The van der Waals surface area contributed by atoms with Gasteiger partial charge in [0.15, 0.2) is 5.65 Å². The standard InChI is InChI=1S/C18H18N4O2/c23-12-13-7-9-21(11-13)18(24)15-10-20-22-16(6-8-19-17(15)22)14-4-2-1-3-5-14/h1-6,8,10,13,23H,7,9,11-12H2. The van der Waals surface area contributed by atoms with Crippen molar-refractivity contribution in [3.05, 3.63) is 54.4 Å². The number of carbonyl (C=O) groups excluding carboxylic acids is 1. The lowest BCUT2D eigenvalue weighted by molar-refractivity contribution is 0.0783. The number of aliphatic hydroxyl groups excluding tert-OH is 1. The van der Waals surface area contributed by atoms with E-state index in [2.05, 4.69) is 10.1 Å². The van der Waals surface area contributed by atoms with Gasteiger partial charge in [0.05, 0.1) is 11.9 Å². The van der Waals surface area contributed by atoms with Crippen LogP contribution >= 0.6 is 0 Å².